The van der Waals surface area contributed by atoms with Gasteiger partial charge in [-0.1, -0.05) is 43.1 Å². The van der Waals surface area contributed by atoms with Gasteiger partial charge in [-0.05, 0) is 51.0 Å². The van der Waals surface area contributed by atoms with Gasteiger partial charge < -0.3 is 14.8 Å². The van der Waals surface area contributed by atoms with Crippen LogP contribution in [0.1, 0.15) is 51.8 Å². The Balaban J connectivity index is 2.14. The second-order valence-corrected chi connectivity index (χ2v) is 8.08. The van der Waals surface area contributed by atoms with Crippen LogP contribution in [0.3, 0.4) is 0 Å². The molecule has 0 aliphatic heterocycles. The summed E-state index contributed by atoms with van der Waals surface area (Å²) in [6.07, 6.45) is 4.08. The van der Waals surface area contributed by atoms with Crippen LogP contribution in [0, 0.1) is 0 Å². The summed E-state index contributed by atoms with van der Waals surface area (Å²) >= 11 is 6.30. The predicted octanol–water partition coefficient (Wildman–Crippen LogP) is 5.30. The number of aromatic nitrogens is 1. The molecule has 0 aliphatic carbocycles. The molecule has 1 aromatic carbocycles. The van der Waals surface area contributed by atoms with E-state index in [9.17, 15) is 4.79 Å². The number of urea groups is 1. The molecule has 0 saturated carbocycles. The molecule has 2 rings (SSSR count). The third-order valence-corrected chi connectivity index (χ3v) is 4.49. The van der Waals surface area contributed by atoms with Gasteiger partial charge in [0.2, 0.25) is 0 Å². The molecule has 5 heteroatoms. The molecule has 0 unspecified atom stereocenters. The lowest BCUT2D eigenvalue weighted by molar-refractivity contribution is 0.183. The highest BCUT2D eigenvalue weighted by Crippen LogP contribution is 2.18. The molecule has 0 aliphatic rings. The number of carbonyl (C=O) groups is 1. The highest BCUT2D eigenvalue weighted by molar-refractivity contribution is 6.31. The Morgan fingerprint density at radius 2 is 1.92 bits per heavy atom. The first kappa shape index (κ1) is 20.4. The minimum Gasteiger partial charge on any atom is -0.345 e. The Morgan fingerprint density at radius 3 is 2.58 bits per heavy atom. The number of hydrogen-bond acceptors (Lipinski definition) is 1. The van der Waals surface area contributed by atoms with Gasteiger partial charge >= 0.3 is 6.03 Å². The lowest BCUT2D eigenvalue weighted by atomic mass is 10.1. The predicted molar refractivity (Wildman–Crippen MR) is 109 cm³/mol. The van der Waals surface area contributed by atoms with Gasteiger partial charge in [0.05, 0.1) is 6.54 Å². The molecule has 4 nitrogen and oxygen atoms in total. The van der Waals surface area contributed by atoms with E-state index < -0.39 is 0 Å². The molecule has 0 bridgehead atoms. The van der Waals surface area contributed by atoms with Gasteiger partial charge in [-0.3, -0.25) is 0 Å². The van der Waals surface area contributed by atoms with E-state index in [1.165, 1.54) is 0 Å². The number of carbonyl (C=O) groups excluding carboxylic acids is 1. The van der Waals surface area contributed by atoms with Gasteiger partial charge in [0.15, 0.2) is 0 Å². The normalized spacial score (nSPS) is 11.4. The highest BCUT2D eigenvalue weighted by atomic mass is 35.5. The standard InChI is InChI=1S/C21H30ClN3O/c1-5-6-13-25(20(26)23-21(2,3)4)16-18-11-9-14-24(18)15-17-10-7-8-12-19(17)22/h7-12,14H,5-6,13,15-16H2,1-4H3,(H,23,26). The zero-order valence-electron chi connectivity index (χ0n) is 16.3. The molecule has 0 atom stereocenters. The molecule has 2 amide bonds. The van der Waals surface area contributed by atoms with E-state index in [-0.39, 0.29) is 11.6 Å². The van der Waals surface area contributed by atoms with Crippen LogP contribution in [0.15, 0.2) is 42.6 Å². The van der Waals surface area contributed by atoms with Crippen molar-refractivity contribution in [3.05, 3.63) is 58.9 Å². The summed E-state index contributed by atoms with van der Waals surface area (Å²) in [7, 11) is 0. The van der Waals surface area contributed by atoms with Crippen LogP contribution in [-0.2, 0) is 13.1 Å². The number of unbranched alkanes of at least 4 members (excludes halogenated alkanes) is 1. The van der Waals surface area contributed by atoms with Crippen LogP contribution < -0.4 is 5.32 Å². The Bertz CT molecular complexity index is 718. The first-order chi connectivity index (χ1) is 12.3. The van der Waals surface area contributed by atoms with Crippen LogP contribution in [0.4, 0.5) is 4.79 Å². The molecule has 1 aromatic heterocycles. The van der Waals surface area contributed by atoms with E-state index in [2.05, 4.69) is 22.9 Å². The maximum Gasteiger partial charge on any atom is 0.318 e. The van der Waals surface area contributed by atoms with Crippen molar-refractivity contribution in [2.75, 3.05) is 6.54 Å². The number of rotatable bonds is 7. The Kier molecular flexibility index (Phi) is 7.15. The third-order valence-electron chi connectivity index (χ3n) is 4.13. The first-order valence-electron chi connectivity index (χ1n) is 9.24. The van der Waals surface area contributed by atoms with Crippen molar-refractivity contribution in [2.24, 2.45) is 0 Å². The van der Waals surface area contributed by atoms with Crippen LogP contribution in [0.5, 0.6) is 0 Å². The van der Waals surface area contributed by atoms with Crippen molar-refractivity contribution in [3.8, 4) is 0 Å². The average Bonchev–Trinajstić information content (AvgIpc) is 2.99. The zero-order chi connectivity index (χ0) is 19.2. The van der Waals surface area contributed by atoms with Crippen LogP contribution in [0.25, 0.3) is 0 Å². The molecule has 0 fully saturated rings. The maximum atomic E-state index is 12.7. The first-order valence-corrected chi connectivity index (χ1v) is 9.62. The summed E-state index contributed by atoms with van der Waals surface area (Å²) in [5.74, 6) is 0. The fraction of sp³-hybridized carbons (Fsp3) is 0.476. The SMILES string of the molecule is CCCCN(Cc1cccn1Cc1ccccc1Cl)C(=O)NC(C)(C)C. The molecule has 142 valence electrons. The maximum absolute atomic E-state index is 12.7. The highest BCUT2D eigenvalue weighted by Gasteiger charge is 2.20. The number of amides is 2. The van der Waals surface area contributed by atoms with Crippen molar-refractivity contribution < 1.29 is 4.79 Å². The van der Waals surface area contributed by atoms with Crippen molar-refractivity contribution in [2.45, 2.75) is 59.2 Å². The third kappa shape index (κ3) is 6.10. The van der Waals surface area contributed by atoms with E-state index in [1.807, 2.05) is 62.2 Å². The van der Waals surface area contributed by atoms with Crippen molar-refractivity contribution in [3.63, 3.8) is 0 Å². The van der Waals surface area contributed by atoms with Crippen LogP contribution in [0.2, 0.25) is 5.02 Å². The summed E-state index contributed by atoms with van der Waals surface area (Å²) in [5, 5.41) is 3.84. The second-order valence-electron chi connectivity index (χ2n) is 7.67. The summed E-state index contributed by atoms with van der Waals surface area (Å²) < 4.78 is 2.16. The van der Waals surface area contributed by atoms with Gasteiger partial charge in [0, 0.05) is 35.5 Å². The summed E-state index contributed by atoms with van der Waals surface area (Å²) in [6.45, 7) is 10.2. The number of benzene rings is 1. The number of nitrogens with one attached hydrogen (secondary N) is 1. The molecule has 2 aromatic rings. The summed E-state index contributed by atoms with van der Waals surface area (Å²) in [5.41, 5.74) is 1.93. The van der Waals surface area contributed by atoms with Gasteiger partial charge in [0.1, 0.15) is 0 Å². The molecular weight excluding hydrogens is 346 g/mol. The van der Waals surface area contributed by atoms with E-state index in [1.54, 1.807) is 0 Å². The van der Waals surface area contributed by atoms with E-state index >= 15 is 0 Å². The smallest absolute Gasteiger partial charge is 0.318 e. The van der Waals surface area contributed by atoms with E-state index in [4.69, 9.17) is 11.6 Å². The topological polar surface area (TPSA) is 37.3 Å². The monoisotopic (exact) mass is 375 g/mol. The lowest BCUT2D eigenvalue weighted by Gasteiger charge is -2.29. The van der Waals surface area contributed by atoms with Crippen molar-refractivity contribution >= 4 is 17.6 Å². The molecule has 1 heterocycles. The fourth-order valence-electron chi connectivity index (χ4n) is 2.75. The Morgan fingerprint density at radius 1 is 1.19 bits per heavy atom. The average molecular weight is 376 g/mol. The largest absolute Gasteiger partial charge is 0.345 e. The van der Waals surface area contributed by atoms with Gasteiger partial charge in [-0.2, -0.15) is 0 Å². The van der Waals surface area contributed by atoms with Crippen LogP contribution in [-0.4, -0.2) is 27.6 Å². The van der Waals surface area contributed by atoms with Gasteiger partial charge in [-0.25, -0.2) is 4.79 Å². The molecular formula is C21H30ClN3O. The van der Waals surface area contributed by atoms with E-state index in [0.717, 1.165) is 35.7 Å². The minimum atomic E-state index is -0.249. The molecule has 0 spiro atoms. The quantitative estimate of drug-likeness (QED) is 0.700. The molecule has 1 N–H and O–H groups in total. The Labute approximate surface area is 162 Å². The summed E-state index contributed by atoms with van der Waals surface area (Å²) in [4.78, 5) is 14.6. The van der Waals surface area contributed by atoms with Gasteiger partial charge in [-0.15, -0.1) is 0 Å². The fourth-order valence-corrected chi connectivity index (χ4v) is 2.95. The lowest BCUT2D eigenvalue weighted by Crippen LogP contribution is -2.48. The molecule has 0 radical (unpaired) electrons. The molecule has 26 heavy (non-hydrogen) atoms. The number of nitrogens with zero attached hydrogens (tertiary/aromatic N) is 2. The molecule has 0 saturated heterocycles. The Hall–Kier alpha value is -1.94. The zero-order valence-corrected chi connectivity index (χ0v) is 17.0. The second kappa shape index (κ2) is 9.13. The number of halogens is 1. The van der Waals surface area contributed by atoms with Crippen LogP contribution >= 0.6 is 11.6 Å². The van der Waals surface area contributed by atoms with Gasteiger partial charge in [0.25, 0.3) is 0 Å². The number of hydrogen-bond donors (Lipinski definition) is 1. The van der Waals surface area contributed by atoms with E-state index in [0.29, 0.717) is 13.1 Å². The summed E-state index contributed by atoms with van der Waals surface area (Å²) in [6, 6.07) is 11.9. The minimum absolute atomic E-state index is 0.0172. The van der Waals surface area contributed by atoms with Crippen molar-refractivity contribution in [1.82, 2.24) is 14.8 Å². The van der Waals surface area contributed by atoms with Crippen molar-refractivity contribution in [1.29, 1.82) is 0 Å².